The van der Waals surface area contributed by atoms with E-state index in [0.29, 0.717) is 6.42 Å². The van der Waals surface area contributed by atoms with Gasteiger partial charge in [-0.2, -0.15) is 0 Å². The fourth-order valence-electron chi connectivity index (χ4n) is 3.02. The van der Waals surface area contributed by atoms with Gasteiger partial charge in [0.1, 0.15) is 0 Å². The molecule has 0 aliphatic carbocycles. The van der Waals surface area contributed by atoms with Crippen LogP contribution >= 0.6 is 0 Å². The number of hydrogen-bond donors (Lipinski definition) is 0. The Kier molecular flexibility index (Phi) is 5.22. The number of rotatable bonds is 6. The standard InChI is InChI=1S/C20H23NO2/c1-5-15-20(19(22)23-4,17-12-7-6-8-13-17)21(3)18-14-10-9-11-16(18)2/h5-14H,1,15H2,2-4H3. The van der Waals surface area contributed by atoms with Gasteiger partial charge in [0.25, 0.3) is 0 Å². The maximum Gasteiger partial charge on any atom is 0.336 e. The number of para-hydroxylation sites is 1. The lowest BCUT2D eigenvalue weighted by atomic mass is 9.84. The number of likely N-dealkylation sites (N-methyl/N-ethyl adjacent to an activating group) is 1. The molecule has 0 saturated carbocycles. The summed E-state index contributed by atoms with van der Waals surface area (Å²) in [6, 6.07) is 17.7. The summed E-state index contributed by atoms with van der Waals surface area (Å²) < 4.78 is 5.18. The summed E-state index contributed by atoms with van der Waals surface area (Å²) in [5, 5.41) is 0. The highest BCUT2D eigenvalue weighted by molar-refractivity contribution is 5.87. The summed E-state index contributed by atoms with van der Waals surface area (Å²) in [5.41, 5.74) is 2.04. The first-order valence-corrected chi connectivity index (χ1v) is 7.62. The zero-order valence-corrected chi connectivity index (χ0v) is 14.0. The number of esters is 1. The van der Waals surface area contributed by atoms with Crippen LogP contribution in [0.5, 0.6) is 0 Å². The number of nitrogens with zero attached hydrogens (tertiary/aromatic N) is 1. The Bertz CT molecular complexity index is 681. The maximum atomic E-state index is 12.8. The highest BCUT2D eigenvalue weighted by Gasteiger charge is 2.44. The van der Waals surface area contributed by atoms with Crippen LogP contribution < -0.4 is 4.90 Å². The van der Waals surface area contributed by atoms with Gasteiger partial charge in [-0.25, -0.2) is 4.79 Å². The van der Waals surface area contributed by atoms with Gasteiger partial charge in [0.05, 0.1) is 7.11 Å². The molecule has 23 heavy (non-hydrogen) atoms. The topological polar surface area (TPSA) is 29.5 Å². The lowest BCUT2D eigenvalue weighted by Crippen LogP contribution is -2.51. The second-order valence-corrected chi connectivity index (χ2v) is 5.56. The highest BCUT2D eigenvalue weighted by atomic mass is 16.5. The average Bonchev–Trinajstić information content (AvgIpc) is 2.59. The van der Waals surface area contributed by atoms with Crippen molar-refractivity contribution in [3.05, 3.63) is 78.4 Å². The van der Waals surface area contributed by atoms with Crippen LogP contribution in [-0.2, 0) is 15.1 Å². The molecule has 120 valence electrons. The molecule has 0 radical (unpaired) electrons. The van der Waals surface area contributed by atoms with E-state index in [2.05, 4.69) is 6.58 Å². The summed E-state index contributed by atoms with van der Waals surface area (Å²) >= 11 is 0. The van der Waals surface area contributed by atoms with Crippen LogP contribution in [-0.4, -0.2) is 20.1 Å². The summed E-state index contributed by atoms with van der Waals surface area (Å²) in [7, 11) is 3.35. The number of ether oxygens (including phenoxy) is 1. The summed E-state index contributed by atoms with van der Waals surface area (Å²) in [5.74, 6) is -0.297. The van der Waals surface area contributed by atoms with Crippen molar-refractivity contribution in [2.24, 2.45) is 0 Å². The zero-order chi connectivity index (χ0) is 16.9. The molecule has 0 aromatic heterocycles. The van der Waals surface area contributed by atoms with Gasteiger partial charge in [-0.05, 0) is 24.1 Å². The molecule has 1 unspecified atom stereocenters. The normalized spacial score (nSPS) is 13.0. The number of methoxy groups -OCH3 is 1. The fraction of sp³-hybridized carbons (Fsp3) is 0.250. The molecule has 0 heterocycles. The van der Waals surface area contributed by atoms with E-state index in [9.17, 15) is 4.79 Å². The predicted octanol–water partition coefficient (Wildman–Crippen LogP) is 4.08. The molecule has 3 heteroatoms. The SMILES string of the molecule is C=CCC(C(=O)OC)(c1ccccc1)N(C)c1ccccc1C. The van der Waals surface area contributed by atoms with Crippen LogP contribution in [0, 0.1) is 6.92 Å². The van der Waals surface area contributed by atoms with E-state index in [1.165, 1.54) is 7.11 Å². The molecule has 0 saturated heterocycles. The van der Waals surface area contributed by atoms with Crippen molar-refractivity contribution in [2.75, 3.05) is 19.1 Å². The van der Waals surface area contributed by atoms with Crippen LogP contribution in [0.3, 0.4) is 0 Å². The molecule has 2 aromatic rings. The Labute approximate surface area is 138 Å². The fourth-order valence-corrected chi connectivity index (χ4v) is 3.02. The molecule has 1 atom stereocenters. The second kappa shape index (κ2) is 7.14. The maximum absolute atomic E-state index is 12.8. The van der Waals surface area contributed by atoms with Gasteiger partial charge >= 0.3 is 5.97 Å². The average molecular weight is 309 g/mol. The Morgan fingerprint density at radius 2 is 1.78 bits per heavy atom. The minimum Gasteiger partial charge on any atom is -0.467 e. The summed E-state index contributed by atoms with van der Waals surface area (Å²) in [4.78, 5) is 14.8. The van der Waals surface area contributed by atoms with E-state index in [-0.39, 0.29) is 5.97 Å². The third-order valence-corrected chi connectivity index (χ3v) is 4.26. The molecule has 0 spiro atoms. The molecular weight excluding hydrogens is 286 g/mol. The van der Waals surface area contributed by atoms with E-state index in [4.69, 9.17) is 4.74 Å². The van der Waals surface area contributed by atoms with Crippen molar-refractivity contribution >= 4 is 11.7 Å². The Morgan fingerprint density at radius 1 is 1.17 bits per heavy atom. The first kappa shape index (κ1) is 16.8. The Balaban J connectivity index is 2.68. The van der Waals surface area contributed by atoms with Gasteiger partial charge in [-0.3, -0.25) is 0 Å². The number of carbonyl (C=O) groups is 1. The molecular formula is C20H23NO2. The molecule has 0 bridgehead atoms. The van der Waals surface area contributed by atoms with Crippen LogP contribution in [0.1, 0.15) is 17.5 Å². The van der Waals surface area contributed by atoms with E-state index in [1.807, 2.05) is 73.5 Å². The summed E-state index contributed by atoms with van der Waals surface area (Å²) in [6.45, 7) is 5.89. The minimum absolute atomic E-state index is 0.297. The van der Waals surface area contributed by atoms with Crippen molar-refractivity contribution in [3.8, 4) is 0 Å². The molecule has 0 amide bonds. The van der Waals surface area contributed by atoms with Crippen LogP contribution in [0.15, 0.2) is 67.3 Å². The van der Waals surface area contributed by atoms with Crippen LogP contribution in [0.2, 0.25) is 0 Å². The number of anilines is 1. The molecule has 2 aromatic carbocycles. The van der Waals surface area contributed by atoms with Crippen molar-refractivity contribution in [2.45, 2.75) is 18.9 Å². The summed E-state index contributed by atoms with van der Waals surface area (Å²) in [6.07, 6.45) is 2.22. The van der Waals surface area contributed by atoms with E-state index >= 15 is 0 Å². The lowest BCUT2D eigenvalue weighted by Gasteiger charge is -2.41. The lowest BCUT2D eigenvalue weighted by molar-refractivity contribution is -0.147. The van der Waals surface area contributed by atoms with E-state index < -0.39 is 5.54 Å². The molecule has 3 nitrogen and oxygen atoms in total. The van der Waals surface area contributed by atoms with Gasteiger partial charge in [0.2, 0.25) is 0 Å². The molecule has 0 fully saturated rings. The van der Waals surface area contributed by atoms with E-state index in [1.54, 1.807) is 6.08 Å². The molecule has 0 aliphatic heterocycles. The molecule has 0 aliphatic rings. The largest absolute Gasteiger partial charge is 0.467 e. The number of hydrogen-bond acceptors (Lipinski definition) is 3. The van der Waals surface area contributed by atoms with Crippen molar-refractivity contribution in [1.29, 1.82) is 0 Å². The third kappa shape index (κ3) is 3.00. The minimum atomic E-state index is -0.941. The van der Waals surface area contributed by atoms with Crippen molar-refractivity contribution < 1.29 is 9.53 Å². The first-order valence-electron chi connectivity index (χ1n) is 7.62. The molecule has 2 rings (SSSR count). The Hall–Kier alpha value is -2.55. The third-order valence-electron chi connectivity index (χ3n) is 4.26. The van der Waals surface area contributed by atoms with Crippen LogP contribution in [0.25, 0.3) is 0 Å². The first-order chi connectivity index (χ1) is 11.1. The van der Waals surface area contributed by atoms with Gasteiger partial charge < -0.3 is 9.64 Å². The number of benzene rings is 2. The quantitative estimate of drug-likeness (QED) is 0.595. The van der Waals surface area contributed by atoms with Crippen LogP contribution in [0.4, 0.5) is 5.69 Å². The van der Waals surface area contributed by atoms with Gasteiger partial charge in [-0.15, -0.1) is 6.58 Å². The van der Waals surface area contributed by atoms with Crippen molar-refractivity contribution in [1.82, 2.24) is 0 Å². The molecule has 0 N–H and O–H groups in total. The monoisotopic (exact) mass is 309 g/mol. The van der Waals surface area contributed by atoms with Gasteiger partial charge in [0.15, 0.2) is 5.54 Å². The van der Waals surface area contributed by atoms with Gasteiger partial charge in [0, 0.05) is 19.2 Å². The highest BCUT2D eigenvalue weighted by Crippen LogP contribution is 2.37. The van der Waals surface area contributed by atoms with Crippen molar-refractivity contribution in [3.63, 3.8) is 0 Å². The number of carbonyl (C=O) groups excluding carboxylic acids is 1. The van der Waals surface area contributed by atoms with Gasteiger partial charge in [-0.1, -0.05) is 54.6 Å². The number of aryl methyl sites for hydroxylation is 1. The van der Waals surface area contributed by atoms with E-state index in [0.717, 1.165) is 16.8 Å². The zero-order valence-electron chi connectivity index (χ0n) is 14.0. The smallest absolute Gasteiger partial charge is 0.336 e. The Morgan fingerprint density at radius 3 is 2.35 bits per heavy atom. The second-order valence-electron chi connectivity index (χ2n) is 5.56. The predicted molar refractivity (Wildman–Crippen MR) is 94.5 cm³/mol.